The van der Waals surface area contributed by atoms with E-state index in [9.17, 15) is 4.79 Å². The van der Waals surface area contributed by atoms with Gasteiger partial charge in [0.15, 0.2) is 0 Å². The van der Waals surface area contributed by atoms with Crippen LogP contribution in [0, 0.1) is 6.92 Å². The number of nitrogens with two attached hydrogens (primary N) is 1. The number of carbonyl (C=O) groups excluding carboxylic acids is 1. The summed E-state index contributed by atoms with van der Waals surface area (Å²) in [5, 5.41) is 2.90. The Balaban J connectivity index is 1.89. The fourth-order valence-corrected chi connectivity index (χ4v) is 2.12. The molecule has 0 radical (unpaired) electrons. The summed E-state index contributed by atoms with van der Waals surface area (Å²) in [5.74, 6) is 0.811. The SMILES string of the molecule is COc1ccc(NC(=O)CCc2ccc(N)cc2)cc1C. The van der Waals surface area contributed by atoms with E-state index in [2.05, 4.69) is 5.32 Å². The molecule has 4 nitrogen and oxygen atoms in total. The van der Waals surface area contributed by atoms with E-state index in [0.717, 1.165) is 28.3 Å². The number of methoxy groups -OCH3 is 1. The van der Waals surface area contributed by atoms with Crippen molar-refractivity contribution in [3.63, 3.8) is 0 Å². The second-order valence-corrected chi connectivity index (χ2v) is 4.97. The molecule has 0 aliphatic rings. The predicted octanol–water partition coefficient (Wildman–Crippen LogP) is 3.16. The van der Waals surface area contributed by atoms with Crippen LogP contribution in [0.3, 0.4) is 0 Å². The van der Waals surface area contributed by atoms with Gasteiger partial charge in [-0.15, -0.1) is 0 Å². The standard InChI is InChI=1S/C17H20N2O2/c1-12-11-15(8-9-16(12)21-2)19-17(20)10-5-13-3-6-14(18)7-4-13/h3-4,6-9,11H,5,10,18H2,1-2H3,(H,19,20). The van der Waals surface area contributed by atoms with Gasteiger partial charge in [-0.1, -0.05) is 12.1 Å². The number of benzene rings is 2. The number of aryl methyl sites for hydroxylation is 2. The molecule has 0 aliphatic carbocycles. The Morgan fingerprint density at radius 1 is 1.19 bits per heavy atom. The van der Waals surface area contributed by atoms with Crippen molar-refractivity contribution in [2.45, 2.75) is 19.8 Å². The highest BCUT2D eigenvalue weighted by Gasteiger charge is 2.05. The minimum atomic E-state index is -0.00334. The normalized spacial score (nSPS) is 10.2. The fraction of sp³-hybridized carbons (Fsp3) is 0.235. The minimum Gasteiger partial charge on any atom is -0.496 e. The monoisotopic (exact) mass is 284 g/mol. The Hall–Kier alpha value is -2.49. The van der Waals surface area contributed by atoms with Crippen molar-refractivity contribution in [3.8, 4) is 5.75 Å². The summed E-state index contributed by atoms with van der Waals surface area (Å²) in [6.45, 7) is 1.95. The van der Waals surface area contributed by atoms with Crippen LogP contribution in [0.4, 0.5) is 11.4 Å². The second-order valence-electron chi connectivity index (χ2n) is 4.97. The highest BCUT2D eigenvalue weighted by atomic mass is 16.5. The molecular formula is C17H20N2O2. The van der Waals surface area contributed by atoms with Gasteiger partial charge >= 0.3 is 0 Å². The van der Waals surface area contributed by atoms with E-state index in [1.54, 1.807) is 7.11 Å². The van der Waals surface area contributed by atoms with Crippen molar-refractivity contribution < 1.29 is 9.53 Å². The number of amides is 1. The first kappa shape index (κ1) is 14.9. The zero-order valence-corrected chi connectivity index (χ0v) is 12.3. The molecule has 2 aromatic carbocycles. The average molecular weight is 284 g/mol. The van der Waals surface area contributed by atoms with Crippen LogP contribution in [0.15, 0.2) is 42.5 Å². The first-order chi connectivity index (χ1) is 10.1. The van der Waals surface area contributed by atoms with Crippen LogP contribution in [-0.4, -0.2) is 13.0 Å². The first-order valence-corrected chi connectivity index (χ1v) is 6.87. The van der Waals surface area contributed by atoms with Gasteiger partial charge in [0.25, 0.3) is 0 Å². The summed E-state index contributed by atoms with van der Waals surface area (Å²) >= 11 is 0. The molecule has 110 valence electrons. The number of ether oxygens (including phenoxy) is 1. The Morgan fingerprint density at radius 2 is 1.90 bits per heavy atom. The van der Waals surface area contributed by atoms with E-state index in [-0.39, 0.29) is 5.91 Å². The van der Waals surface area contributed by atoms with Crippen molar-refractivity contribution in [2.75, 3.05) is 18.2 Å². The quantitative estimate of drug-likeness (QED) is 0.829. The Bertz CT molecular complexity index is 621. The number of nitrogens with one attached hydrogen (secondary N) is 1. The second kappa shape index (κ2) is 6.79. The average Bonchev–Trinajstić information content (AvgIpc) is 2.47. The molecule has 0 bridgehead atoms. The summed E-state index contributed by atoms with van der Waals surface area (Å²) in [7, 11) is 1.63. The number of hydrogen-bond acceptors (Lipinski definition) is 3. The molecule has 0 saturated carbocycles. The molecule has 1 amide bonds. The molecule has 2 rings (SSSR count). The van der Waals surface area contributed by atoms with Gasteiger partial charge in [-0.25, -0.2) is 0 Å². The van der Waals surface area contributed by atoms with Crippen LogP contribution < -0.4 is 15.8 Å². The third-order valence-electron chi connectivity index (χ3n) is 3.30. The molecule has 0 atom stereocenters. The van der Waals surface area contributed by atoms with E-state index in [1.165, 1.54) is 0 Å². The maximum absolute atomic E-state index is 12.0. The number of hydrogen-bond donors (Lipinski definition) is 2. The van der Waals surface area contributed by atoms with Gasteiger partial charge < -0.3 is 15.8 Å². The highest BCUT2D eigenvalue weighted by Crippen LogP contribution is 2.21. The van der Waals surface area contributed by atoms with Gasteiger partial charge in [-0.05, 0) is 54.8 Å². The molecule has 0 heterocycles. The lowest BCUT2D eigenvalue weighted by Gasteiger charge is -2.09. The van der Waals surface area contributed by atoms with E-state index in [0.29, 0.717) is 12.8 Å². The van der Waals surface area contributed by atoms with Crippen molar-refractivity contribution in [2.24, 2.45) is 0 Å². The summed E-state index contributed by atoms with van der Waals surface area (Å²) in [6.07, 6.45) is 1.14. The van der Waals surface area contributed by atoms with Crippen LogP contribution >= 0.6 is 0 Å². The molecule has 3 N–H and O–H groups in total. The van der Waals surface area contributed by atoms with Crippen molar-refractivity contribution in [3.05, 3.63) is 53.6 Å². The van der Waals surface area contributed by atoms with Crippen LogP contribution in [-0.2, 0) is 11.2 Å². The number of nitrogen functional groups attached to an aromatic ring is 1. The molecule has 21 heavy (non-hydrogen) atoms. The van der Waals surface area contributed by atoms with Gasteiger partial charge in [0, 0.05) is 17.8 Å². The highest BCUT2D eigenvalue weighted by molar-refractivity contribution is 5.91. The van der Waals surface area contributed by atoms with E-state index in [4.69, 9.17) is 10.5 Å². The van der Waals surface area contributed by atoms with Crippen molar-refractivity contribution in [1.29, 1.82) is 0 Å². The molecular weight excluding hydrogens is 264 g/mol. The maximum Gasteiger partial charge on any atom is 0.224 e. The lowest BCUT2D eigenvalue weighted by Crippen LogP contribution is -2.12. The summed E-state index contributed by atoms with van der Waals surface area (Å²) in [5.41, 5.74) is 9.25. The van der Waals surface area contributed by atoms with Crippen LogP contribution in [0.5, 0.6) is 5.75 Å². The predicted molar refractivity (Wildman–Crippen MR) is 85.5 cm³/mol. The molecule has 4 heteroatoms. The van der Waals surface area contributed by atoms with E-state index >= 15 is 0 Å². The van der Waals surface area contributed by atoms with E-state index < -0.39 is 0 Å². The molecule has 0 aromatic heterocycles. The third kappa shape index (κ3) is 4.24. The summed E-state index contributed by atoms with van der Waals surface area (Å²) in [6, 6.07) is 13.2. The van der Waals surface area contributed by atoms with Gasteiger partial charge in [-0.2, -0.15) is 0 Å². The van der Waals surface area contributed by atoms with Gasteiger partial charge in [0.2, 0.25) is 5.91 Å². The number of rotatable bonds is 5. The van der Waals surface area contributed by atoms with Gasteiger partial charge in [-0.3, -0.25) is 4.79 Å². The Morgan fingerprint density at radius 3 is 2.52 bits per heavy atom. The maximum atomic E-state index is 12.0. The van der Waals surface area contributed by atoms with Crippen molar-refractivity contribution in [1.82, 2.24) is 0 Å². The van der Waals surface area contributed by atoms with Crippen molar-refractivity contribution >= 4 is 17.3 Å². The third-order valence-corrected chi connectivity index (χ3v) is 3.30. The minimum absolute atomic E-state index is 0.00334. The molecule has 0 unspecified atom stereocenters. The van der Waals surface area contributed by atoms with Crippen LogP contribution in [0.2, 0.25) is 0 Å². The van der Waals surface area contributed by atoms with Gasteiger partial charge in [0.1, 0.15) is 5.75 Å². The Labute approximate surface area is 124 Å². The molecule has 0 saturated heterocycles. The lowest BCUT2D eigenvalue weighted by molar-refractivity contribution is -0.116. The molecule has 0 aliphatic heterocycles. The zero-order chi connectivity index (χ0) is 15.2. The Kier molecular flexibility index (Phi) is 4.82. The molecule has 0 fully saturated rings. The van der Waals surface area contributed by atoms with Gasteiger partial charge in [0.05, 0.1) is 7.11 Å². The lowest BCUT2D eigenvalue weighted by atomic mass is 10.1. The first-order valence-electron chi connectivity index (χ1n) is 6.87. The fourth-order valence-electron chi connectivity index (χ4n) is 2.12. The summed E-state index contributed by atoms with van der Waals surface area (Å²) < 4.78 is 5.20. The van der Waals surface area contributed by atoms with Crippen LogP contribution in [0.25, 0.3) is 0 Å². The molecule has 0 spiro atoms. The van der Waals surface area contributed by atoms with E-state index in [1.807, 2.05) is 49.4 Å². The van der Waals surface area contributed by atoms with Crippen LogP contribution in [0.1, 0.15) is 17.5 Å². The number of carbonyl (C=O) groups is 1. The molecule has 2 aromatic rings. The smallest absolute Gasteiger partial charge is 0.224 e. The summed E-state index contributed by atoms with van der Waals surface area (Å²) in [4.78, 5) is 12.0. The number of anilines is 2. The largest absolute Gasteiger partial charge is 0.496 e. The topological polar surface area (TPSA) is 64.3 Å². The zero-order valence-electron chi connectivity index (χ0n) is 12.3.